The molecule has 1 heterocycles. The lowest BCUT2D eigenvalue weighted by Crippen LogP contribution is -2.36. The van der Waals surface area contributed by atoms with Crippen molar-refractivity contribution in [2.45, 2.75) is 18.6 Å². The summed E-state index contributed by atoms with van der Waals surface area (Å²) in [7, 11) is 0. The van der Waals surface area contributed by atoms with E-state index in [2.05, 4.69) is 10.1 Å². The van der Waals surface area contributed by atoms with Gasteiger partial charge in [0.25, 0.3) is 0 Å². The van der Waals surface area contributed by atoms with E-state index in [1.807, 2.05) is 0 Å². The Labute approximate surface area is 69.2 Å². The van der Waals surface area contributed by atoms with Gasteiger partial charge in [0.2, 0.25) is 5.91 Å². The van der Waals surface area contributed by atoms with Crippen LogP contribution < -0.4 is 16.8 Å². The van der Waals surface area contributed by atoms with E-state index in [0.717, 1.165) is 0 Å². The number of hydrogen-bond acceptors (Lipinski definition) is 4. The summed E-state index contributed by atoms with van der Waals surface area (Å²) in [5.41, 5.74) is 9.81. The molecule has 1 aliphatic rings. The molecular weight excluding hydrogens is 162 g/mol. The van der Waals surface area contributed by atoms with Crippen LogP contribution in [0.25, 0.3) is 0 Å². The van der Waals surface area contributed by atoms with E-state index in [9.17, 15) is 9.59 Å². The summed E-state index contributed by atoms with van der Waals surface area (Å²) in [5.74, 6) is -0.439. The lowest BCUT2D eigenvalue weighted by Gasteiger charge is -2.07. The van der Waals surface area contributed by atoms with Crippen molar-refractivity contribution < 1.29 is 14.3 Å². The molecule has 1 fully saturated rings. The van der Waals surface area contributed by atoms with Gasteiger partial charge >= 0.3 is 6.09 Å². The predicted octanol–water partition coefficient (Wildman–Crippen LogP) is -1.70. The quantitative estimate of drug-likeness (QED) is 0.462. The minimum Gasteiger partial charge on any atom is -0.445 e. The van der Waals surface area contributed by atoms with E-state index in [-0.39, 0.29) is 6.10 Å². The Balaban J connectivity index is 2.35. The minimum atomic E-state index is -0.827. The molecule has 1 aliphatic heterocycles. The van der Waals surface area contributed by atoms with Gasteiger partial charge in [0.05, 0.1) is 6.04 Å². The van der Waals surface area contributed by atoms with Crippen LogP contribution in [0.3, 0.4) is 0 Å². The molecule has 2 amide bonds. The lowest BCUT2D eigenvalue weighted by atomic mass is 10.2. The maximum Gasteiger partial charge on any atom is 0.404 e. The van der Waals surface area contributed by atoms with Crippen LogP contribution in [-0.2, 0) is 9.53 Å². The number of nitrogens with two attached hydrogens (primary N) is 2. The molecule has 6 nitrogen and oxygen atoms in total. The number of nitrogens with one attached hydrogen (secondary N) is 1. The average Bonchev–Trinajstić information content (AvgIpc) is 2.34. The Hall–Kier alpha value is -1.30. The van der Waals surface area contributed by atoms with E-state index >= 15 is 0 Å². The molecule has 5 N–H and O–H groups in total. The molecule has 12 heavy (non-hydrogen) atoms. The van der Waals surface area contributed by atoms with Gasteiger partial charge < -0.3 is 21.5 Å². The topological polar surface area (TPSA) is 107 Å². The molecule has 0 aliphatic carbocycles. The summed E-state index contributed by atoms with van der Waals surface area (Å²) in [6.07, 6.45) is -0.759. The maximum absolute atomic E-state index is 10.6. The summed E-state index contributed by atoms with van der Waals surface area (Å²) in [5, 5.41) is 2.80. The number of ether oxygens (including phenoxy) is 1. The van der Waals surface area contributed by atoms with Crippen LogP contribution in [0.2, 0.25) is 0 Å². The number of amides is 2. The second kappa shape index (κ2) is 3.40. The zero-order valence-electron chi connectivity index (χ0n) is 6.45. The fraction of sp³-hybridized carbons (Fsp3) is 0.667. The highest BCUT2D eigenvalue weighted by atomic mass is 16.6. The van der Waals surface area contributed by atoms with Crippen molar-refractivity contribution in [3.63, 3.8) is 0 Å². The second-order valence-electron chi connectivity index (χ2n) is 2.66. The lowest BCUT2D eigenvalue weighted by molar-refractivity contribution is -0.119. The summed E-state index contributed by atoms with van der Waals surface area (Å²) >= 11 is 0. The van der Waals surface area contributed by atoms with E-state index in [1.165, 1.54) is 0 Å². The summed E-state index contributed by atoms with van der Waals surface area (Å²) < 4.78 is 4.66. The number of carbonyl (C=O) groups is 2. The molecule has 0 aromatic rings. The molecule has 0 bridgehead atoms. The van der Waals surface area contributed by atoms with Crippen molar-refractivity contribution in [3.8, 4) is 0 Å². The first kappa shape index (κ1) is 8.79. The Morgan fingerprint density at radius 1 is 1.42 bits per heavy atom. The Bertz CT molecular complexity index is 206. The van der Waals surface area contributed by atoms with Gasteiger partial charge in [-0.05, 0) is 0 Å². The van der Waals surface area contributed by atoms with Gasteiger partial charge in [0.15, 0.2) is 0 Å². The van der Waals surface area contributed by atoms with Crippen LogP contribution in [0.4, 0.5) is 4.79 Å². The first-order chi connectivity index (χ1) is 5.59. The van der Waals surface area contributed by atoms with Gasteiger partial charge in [-0.1, -0.05) is 0 Å². The van der Waals surface area contributed by atoms with Crippen LogP contribution in [0.5, 0.6) is 0 Å². The molecule has 1 rings (SSSR count). The highest BCUT2D eigenvalue weighted by molar-refractivity contribution is 5.80. The smallest absolute Gasteiger partial charge is 0.404 e. The van der Waals surface area contributed by atoms with Crippen molar-refractivity contribution >= 4 is 12.0 Å². The van der Waals surface area contributed by atoms with Gasteiger partial charge in [-0.2, -0.15) is 0 Å². The maximum atomic E-state index is 10.6. The van der Waals surface area contributed by atoms with Crippen molar-refractivity contribution in [1.82, 2.24) is 5.32 Å². The molecule has 2 atom stereocenters. The Kier molecular flexibility index (Phi) is 2.49. The van der Waals surface area contributed by atoms with Crippen molar-refractivity contribution in [2.24, 2.45) is 11.5 Å². The number of carbonyl (C=O) groups excluding carboxylic acids is 2. The van der Waals surface area contributed by atoms with Gasteiger partial charge in [-0.3, -0.25) is 4.79 Å². The molecule has 0 aromatic carbocycles. The molecular formula is C6H11N3O3. The normalized spacial score (nSPS) is 28.3. The molecule has 0 radical (unpaired) electrons. The minimum absolute atomic E-state index is 0.333. The first-order valence-electron chi connectivity index (χ1n) is 3.58. The molecule has 0 unspecified atom stereocenters. The van der Waals surface area contributed by atoms with E-state index in [1.54, 1.807) is 0 Å². The van der Waals surface area contributed by atoms with Crippen molar-refractivity contribution in [3.05, 3.63) is 0 Å². The van der Waals surface area contributed by atoms with Crippen LogP contribution >= 0.6 is 0 Å². The third kappa shape index (κ3) is 2.09. The SMILES string of the molecule is NC(=O)O[C@H]1CN[C@H](C(N)=O)C1. The highest BCUT2D eigenvalue weighted by Crippen LogP contribution is 2.09. The van der Waals surface area contributed by atoms with Gasteiger partial charge in [0, 0.05) is 13.0 Å². The molecule has 0 saturated carbocycles. The summed E-state index contributed by atoms with van der Waals surface area (Å²) in [6.45, 7) is 0.427. The number of hydrogen-bond donors (Lipinski definition) is 3. The average molecular weight is 173 g/mol. The van der Waals surface area contributed by atoms with Gasteiger partial charge in [-0.25, -0.2) is 4.79 Å². The fourth-order valence-electron chi connectivity index (χ4n) is 1.17. The van der Waals surface area contributed by atoms with E-state index < -0.39 is 18.0 Å². The van der Waals surface area contributed by atoms with Crippen LogP contribution in [0.1, 0.15) is 6.42 Å². The van der Waals surface area contributed by atoms with E-state index in [0.29, 0.717) is 13.0 Å². The summed E-state index contributed by atoms with van der Waals surface area (Å²) in [4.78, 5) is 20.9. The van der Waals surface area contributed by atoms with E-state index in [4.69, 9.17) is 11.5 Å². The Morgan fingerprint density at radius 3 is 2.50 bits per heavy atom. The van der Waals surface area contributed by atoms with Crippen molar-refractivity contribution in [1.29, 1.82) is 0 Å². The zero-order valence-corrected chi connectivity index (χ0v) is 6.45. The van der Waals surface area contributed by atoms with Crippen molar-refractivity contribution in [2.75, 3.05) is 6.54 Å². The number of primary amides is 2. The summed E-state index contributed by atoms with van der Waals surface area (Å²) in [6, 6.07) is -0.408. The Morgan fingerprint density at radius 2 is 2.08 bits per heavy atom. The zero-order chi connectivity index (χ0) is 9.14. The fourth-order valence-corrected chi connectivity index (χ4v) is 1.17. The molecule has 6 heteroatoms. The molecule has 68 valence electrons. The first-order valence-corrected chi connectivity index (χ1v) is 3.58. The molecule has 0 spiro atoms. The second-order valence-corrected chi connectivity index (χ2v) is 2.66. The molecule has 1 saturated heterocycles. The third-order valence-corrected chi connectivity index (χ3v) is 1.72. The largest absolute Gasteiger partial charge is 0.445 e. The van der Waals surface area contributed by atoms with Crippen LogP contribution in [0.15, 0.2) is 0 Å². The van der Waals surface area contributed by atoms with Gasteiger partial charge in [0.1, 0.15) is 6.10 Å². The highest BCUT2D eigenvalue weighted by Gasteiger charge is 2.29. The standard InChI is InChI=1S/C6H11N3O3/c7-5(10)4-1-3(2-9-4)12-6(8)11/h3-4,9H,1-2H2,(H2,7,10)(H2,8,11)/t3-,4+/m1/s1. The van der Waals surface area contributed by atoms with Crippen LogP contribution in [-0.4, -0.2) is 30.7 Å². The predicted molar refractivity (Wildman–Crippen MR) is 40.1 cm³/mol. The molecule has 0 aromatic heterocycles. The van der Waals surface area contributed by atoms with Crippen LogP contribution in [0, 0.1) is 0 Å². The van der Waals surface area contributed by atoms with Gasteiger partial charge in [-0.15, -0.1) is 0 Å². The monoisotopic (exact) mass is 173 g/mol. The number of rotatable bonds is 2. The third-order valence-electron chi connectivity index (χ3n) is 1.72.